The Morgan fingerprint density at radius 1 is 0.655 bits per heavy atom. The molecule has 1 saturated carbocycles. The van der Waals surface area contributed by atoms with Crippen LogP contribution in [0.15, 0.2) is 79.4 Å². The maximum Gasteiger partial charge on any atom is 0.169 e. The number of aromatic nitrogens is 2. The van der Waals surface area contributed by atoms with Gasteiger partial charge in [-0.3, -0.25) is 0 Å². The normalized spacial score (nSPS) is 14.3. The van der Waals surface area contributed by atoms with Gasteiger partial charge in [0.15, 0.2) is 24.8 Å². The summed E-state index contributed by atoms with van der Waals surface area (Å²) in [7, 11) is 0. The van der Waals surface area contributed by atoms with Crippen molar-refractivity contribution in [1.29, 1.82) is 0 Å². The van der Waals surface area contributed by atoms with E-state index in [9.17, 15) is 0 Å². The molecule has 4 rings (SSSR count). The van der Waals surface area contributed by atoms with E-state index in [4.69, 9.17) is 0 Å². The smallest absolute Gasteiger partial charge is 0.169 e. The monoisotopic (exact) mass is 386 g/mol. The summed E-state index contributed by atoms with van der Waals surface area (Å²) in [6.45, 7) is 2.21. The van der Waals surface area contributed by atoms with Crippen LogP contribution in [0.25, 0.3) is 11.1 Å². The molecule has 2 heteroatoms. The van der Waals surface area contributed by atoms with Gasteiger partial charge in [0, 0.05) is 37.1 Å². The van der Waals surface area contributed by atoms with Crippen LogP contribution in [0.3, 0.4) is 0 Å². The summed E-state index contributed by atoms with van der Waals surface area (Å²) in [6, 6.07) is 19.7. The second-order valence-corrected chi connectivity index (χ2v) is 8.53. The van der Waals surface area contributed by atoms with E-state index in [1.54, 1.807) is 0 Å². The lowest BCUT2D eigenvalue weighted by Crippen LogP contribution is -2.33. The average Bonchev–Trinajstić information content (AvgIpc) is 3.29. The van der Waals surface area contributed by atoms with Gasteiger partial charge < -0.3 is 0 Å². The first-order valence-electron chi connectivity index (χ1n) is 11.4. The molecule has 2 nitrogen and oxygen atoms in total. The topological polar surface area (TPSA) is 7.76 Å². The van der Waals surface area contributed by atoms with E-state index in [1.165, 1.54) is 61.6 Å². The Balaban J connectivity index is 1.24. The van der Waals surface area contributed by atoms with Crippen molar-refractivity contribution < 1.29 is 9.13 Å². The minimum Gasteiger partial charge on any atom is -0.205 e. The highest BCUT2D eigenvalue weighted by Gasteiger charge is 2.15. The van der Waals surface area contributed by atoms with Gasteiger partial charge in [0.1, 0.15) is 13.1 Å². The highest BCUT2D eigenvalue weighted by atomic mass is 14.9. The molecule has 1 aliphatic carbocycles. The Kier molecular flexibility index (Phi) is 7.07. The average molecular weight is 387 g/mol. The molecule has 0 amide bonds. The van der Waals surface area contributed by atoms with Crippen molar-refractivity contribution in [3.8, 4) is 11.1 Å². The number of rotatable bonds is 9. The summed E-state index contributed by atoms with van der Waals surface area (Å²) in [6.07, 6.45) is 19.7. The van der Waals surface area contributed by atoms with E-state index >= 15 is 0 Å². The molecule has 2 heterocycles. The molecule has 1 fully saturated rings. The van der Waals surface area contributed by atoms with Crippen molar-refractivity contribution in [3.05, 3.63) is 84.9 Å². The van der Waals surface area contributed by atoms with Crippen LogP contribution in [0.4, 0.5) is 0 Å². The maximum atomic E-state index is 2.34. The Hall–Kier alpha value is -2.48. The van der Waals surface area contributed by atoms with Crippen LogP contribution in [-0.2, 0) is 19.5 Å². The van der Waals surface area contributed by atoms with E-state index in [0.29, 0.717) is 0 Å². The van der Waals surface area contributed by atoms with Gasteiger partial charge in [0.25, 0.3) is 0 Å². The maximum absolute atomic E-state index is 2.34. The van der Waals surface area contributed by atoms with Crippen LogP contribution in [0, 0.1) is 5.92 Å². The van der Waals surface area contributed by atoms with Crippen LogP contribution in [0.2, 0.25) is 0 Å². The van der Waals surface area contributed by atoms with Gasteiger partial charge in [-0.25, -0.2) is 9.13 Å². The van der Waals surface area contributed by atoms with Gasteiger partial charge in [-0.15, -0.1) is 0 Å². The molecule has 29 heavy (non-hydrogen) atoms. The highest BCUT2D eigenvalue weighted by Crippen LogP contribution is 2.28. The zero-order chi connectivity index (χ0) is 19.7. The summed E-state index contributed by atoms with van der Waals surface area (Å²) < 4.78 is 4.63. The van der Waals surface area contributed by atoms with Gasteiger partial charge >= 0.3 is 0 Å². The van der Waals surface area contributed by atoms with E-state index in [-0.39, 0.29) is 0 Å². The molecule has 150 valence electrons. The SMILES string of the molecule is c1ccc(CCC[n+]2ccc(-c3cc[n+](CCCC4CCCC4)cc3)cc2)cc1. The fourth-order valence-corrected chi connectivity index (χ4v) is 4.57. The number of benzene rings is 1. The molecule has 0 radical (unpaired) electrons. The summed E-state index contributed by atoms with van der Waals surface area (Å²) in [4.78, 5) is 0. The van der Waals surface area contributed by atoms with Gasteiger partial charge in [0.05, 0.1) is 0 Å². The third-order valence-electron chi connectivity index (χ3n) is 6.34. The summed E-state index contributed by atoms with van der Waals surface area (Å²) >= 11 is 0. The Morgan fingerprint density at radius 3 is 1.79 bits per heavy atom. The van der Waals surface area contributed by atoms with Crippen molar-refractivity contribution >= 4 is 0 Å². The first-order chi connectivity index (χ1) is 14.4. The molecule has 1 aromatic carbocycles. The number of hydrogen-bond donors (Lipinski definition) is 0. The van der Waals surface area contributed by atoms with Crippen LogP contribution in [0.5, 0.6) is 0 Å². The first kappa shape index (κ1) is 19.8. The molecule has 0 unspecified atom stereocenters. The minimum atomic E-state index is 0.999. The van der Waals surface area contributed by atoms with Gasteiger partial charge in [0.2, 0.25) is 0 Å². The summed E-state index contributed by atoms with van der Waals surface area (Å²) in [5.41, 5.74) is 4.02. The molecule has 3 aromatic rings. The first-order valence-corrected chi connectivity index (χ1v) is 11.4. The standard InChI is InChI=1S/C27H34N2/c1-2-8-24(9-3-1)12-6-18-28-20-14-26(15-21-28)27-16-22-29(23-17-27)19-7-13-25-10-4-5-11-25/h1-3,8-9,14-17,20-23,25H,4-7,10-13,18-19H2/q+2. The van der Waals surface area contributed by atoms with Crippen molar-refractivity contribution in [2.75, 3.05) is 0 Å². The van der Waals surface area contributed by atoms with Crippen molar-refractivity contribution in [3.63, 3.8) is 0 Å². The van der Waals surface area contributed by atoms with E-state index in [0.717, 1.165) is 25.4 Å². The molecule has 1 aliphatic rings. The fourth-order valence-electron chi connectivity index (χ4n) is 4.57. The van der Waals surface area contributed by atoms with Crippen LogP contribution < -0.4 is 9.13 Å². The lowest BCUT2D eigenvalue weighted by Gasteiger charge is -2.06. The summed E-state index contributed by atoms with van der Waals surface area (Å²) in [5, 5.41) is 0. The van der Waals surface area contributed by atoms with Crippen molar-refractivity contribution in [2.45, 2.75) is 64.5 Å². The van der Waals surface area contributed by atoms with E-state index in [1.807, 2.05) is 0 Å². The molecule has 2 aromatic heterocycles. The van der Waals surface area contributed by atoms with E-state index < -0.39 is 0 Å². The molecule has 0 spiro atoms. The zero-order valence-corrected chi connectivity index (χ0v) is 17.5. The Bertz CT molecular complexity index is 847. The number of hydrogen-bond acceptors (Lipinski definition) is 0. The molecule has 0 atom stereocenters. The van der Waals surface area contributed by atoms with Crippen LogP contribution in [-0.4, -0.2) is 0 Å². The van der Waals surface area contributed by atoms with Gasteiger partial charge in [-0.2, -0.15) is 0 Å². The molecular formula is C27H34N2+2. The number of aryl methyl sites for hydroxylation is 3. The number of nitrogens with zero attached hydrogens (tertiary/aromatic N) is 2. The third-order valence-corrected chi connectivity index (χ3v) is 6.34. The highest BCUT2D eigenvalue weighted by molar-refractivity contribution is 5.60. The van der Waals surface area contributed by atoms with E-state index in [2.05, 4.69) is 88.5 Å². The van der Waals surface area contributed by atoms with Crippen LogP contribution >= 0.6 is 0 Å². The molecule has 0 aliphatic heterocycles. The third kappa shape index (κ3) is 6.00. The van der Waals surface area contributed by atoms with Gasteiger partial charge in [-0.1, -0.05) is 56.0 Å². The van der Waals surface area contributed by atoms with Crippen molar-refractivity contribution in [1.82, 2.24) is 0 Å². The van der Waals surface area contributed by atoms with Crippen LogP contribution in [0.1, 0.15) is 50.5 Å². The number of pyridine rings is 2. The molecule has 0 saturated heterocycles. The quantitative estimate of drug-likeness (QED) is 0.427. The fraction of sp³-hybridized carbons (Fsp3) is 0.407. The second-order valence-electron chi connectivity index (χ2n) is 8.53. The lowest BCUT2D eigenvalue weighted by molar-refractivity contribution is -0.697. The Morgan fingerprint density at radius 2 is 1.21 bits per heavy atom. The predicted molar refractivity (Wildman–Crippen MR) is 118 cm³/mol. The van der Waals surface area contributed by atoms with Gasteiger partial charge in [-0.05, 0) is 35.4 Å². The minimum absolute atomic E-state index is 0.999. The molecule has 0 bridgehead atoms. The van der Waals surface area contributed by atoms with Crippen molar-refractivity contribution in [2.24, 2.45) is 5.92 Å². The second kappa shape index (κ2) is 10.3. The predicted octanol–water partition coefficient (Wildman–Crippen LogP) is 5.53. The Labute approximate surface area is 175 Å². The molecular weight excluding hydrogens is 352 g/mol. The largest absolute Gasteiger partial charge is 0.205 e. The summed E-state index contributed by atoms with van der Waals surface area (Å²) in [5.74, 6) is 0.999. The zero-order valence-electron chi connectivity index (χ0n) is 17.5. The lowest BCUT2D eigenvalue weighted by atomic mass is 10.0. The molecule has 0 N–H and O–H groups in total.